The van der Waals surface area contributed by atoms with Gasteiger partial charge in [-0.2, -0.15) is 0 Å². The van der Waals surface area contributed by atoms with Gasteiger partial charge in [-0.25, -0.2) is 9.97 Å². The molecule has 0 bridgehead atoms. The maximum absolute atomic E-state index is 5.55. The Bertz CT molecular complexity index is 334. The highest BCUT2D eigenvalue weighted by molar-refractivity contribution is 5.29. The van der Waals surface area contributed by atoms with E-state index in [0.29, 0.717) is 6.54 Å². The van der Waals surface area contributed by atoms with Crippen LogP contribution in [0.2, 0.25) is 0 Å². The summed E-state index contributed by atoms with van der Waals surface area (Å²) in [5.74, 6) is 0.805. The van der Waals surface area contributed by atoms with Gasteiger partial charge in [0, 0.05) is 37.6 Å². The lowest BCUT2D eigenvalue weighted by molar-refractivity contribution is 0.300. The smallest absolute Gasteiger partial charge is 0.225 e. The van der Waals surface area contributed by atoms with Gasteiger partial charge in [0.25, 0.3) is 0 Å². The predicted molar refractivity (Wildman–Crippen MR) is 80.2 cm³/mol. The molecule has 0 atom stereocenters. The molecular formula is C14H27N5. The first kappa shape index (κ1) is 15.9. The third-order valence-electron chi connectivity index (χ3n) is 3.39. The minimum Gasteiger partial charge on any atom is -0.341 e. The van der Waals surface area contributed by atoms with E-state index in [1.807, 2.05) is 12.4 Å². The lowest BCUT2D eigenvalue weighted by atomic mass is 10.3. The van der Waals surface area contributed by atoms with Crippen molar-refractivity contribution in [3.05, 3.63) is 18.0 Å². The van der Waals surface area contributed by atoms with Crippen molar-refractivity contribution in [1.82, 2.24) is 14.9 Å². The largest absolute Gasteiger partial charge is 0.341 e. The SMILES string of the molecule is CCN(CC)CCCN(CC)c1ncc(CN)cn1. The van der Waals surface area contributed by atoms with Crippen LogP contribution in [0, 0.1) is 0 Å². The normalized spacial score (nSPS) is 11.0. The number of hydrogen-bond donors (Lipinski definition) is 1. The van der Waals surface area contributed by atoms with E-state index in [1.54, 1.807) is 0 Å². The van der Waals surface area contributed by atoms with Crippen molar-refractivity contribution in [3.8, 4) is 0 Å². The Kier molecular flexibility index (Phi) is 7.36. The van der Waals surface area contributed by atoms with Crippen LogP contribution in [0.1, 0.15) is 32.8 Å². The van der Waals surface area contributed by atoms with Crippen LogP contribution in [0.3, 0.4) is 0 Å². The zero-order chi connectivity index (χ0) is 14.1. The maximum Gasteiger partial charge on any atom is 0.225 e. The summed E-state index contributed by atoms with van der Waals surface area (Å²) in [5.41, 5.74) is 6.53. The van der Waals surface area contributed by atoms with Crippen molar-refractivity contribution >= 4 is 5.95 Å². The van der Waals surface area contributed by atoms with E-state index in [0.717, 1.165) is 50.7 Å². The highest BCUT2D eigenvalue weighted by Gasteiger charge is 2.08. The molecule has 1 heterocycles. The van der Waals surface area contributed by atoms with Crippen molar-refractivity contribution in [2.75, 3.05) is 37.6 Å². The molecule has 5 nitrogen and oxygen atoms in total. The number of nitrogens with zero attached hydrogens (tertiary/aromatic N) is 4. The van der Waals surface area contributed by atoms with Crippen LogP contribution in [-0.2, 0) is 6.54 Å². The van der Waals surface area contributed by atoms with Gasteiger partial charge < -0.3 is 15.5 Å². The Morgan fingerprint density at radius 1 is 1.00 bits per heavy atom. The fraction of sp³-hybridized carbons (Fsp3) is 0.714. The molecule has 0 unspecified atom stereocenters. The van der Waals surface area contributed by atoms with Crippen molar-refractivity contribution in [2.45, 2.75) is 33.7 Å². The summed E-state index contributed by atoms with van der Waals surface area (Å²) in [6, 6.07) is 0. The Labute approximate surface area is 116 Å². The minimum absolute atomic E-state index is 0.494. The minimum atomic E-state index is 0.494. The molecule has 0 aliphatic carbocycles. The molecule has 19 heavy (non-hydrogen) atoms. The molecule has 0 aromatic carbocycles. The second-order valence-corrected chi connectivity index (χ2v) is 4.56. The molecule has 0 aliphatic heterocycles. The molecule has 0 saturated heterocycles. The van der Waals surface area contributed by atoms with Crippen LogP contribution in [0.5, 0.6) is 0 Å². The van der Waals surface area contributed by atoms with Gasteiger partial charge in [0.15, 0.2) is 0 Å². The molecule has 5 heteroatoms. The first-order valence-electron chi connectivity index (χ1n) is 7.23. The number of aromatic nitrogens is 2. The van der Waals surface area contributed by atoms with Crippen LogP contribution in [0.25, 0.3) is 0 Å². The third-order valence-corrected chi connectivity index (χ3v) is 3.39. The summed E-state index contributed by atoms with van der Waals surface area (Å²) in [6.45, 7) is 12.3. The number of hydrogen-bond acceptors (Lipinski definition) is 5. The van der Waals surface area contributed by atoms with Crippen LogP contribution in [0.4, 0.5) is 5.95 Å². The Morgan fingerprint density at radius 3 is 2.11 bits per heavy atom. The van der Waals surface area contributed by atoms with Crippen LogP contribution in [0.15, 0.2) is 12.4 Å². The molecular weight excluding hydrogens is 238 g/mol. The Balaban J connectivity index is 2.48. The van der Waals surface area contributed by atoms with E-state index in [-0.39, 0.29) is 0 Å². The first-order valence-corrected chi connectivity index (χ1v) is 7.23. The summed E-state index contributed by atoms with van der Waals surface area (Å²) < 4.78 is 0. The Morgan fingerprint density at radius 2 is 1.63 bits per heavy atom. The molecule has 0 spiro atoms. The molecule has 108 valence electrons. The average molecular weight is 265 g/mol. The van der Waals surface area contributed by atoms with E-state index in [9.17, 15) is 0 Å². The summed E-state index contributed by atoms with van der Waals surface area (Å²) >= 11 is 0. The van der Waals surface area contributed by atoms with Gasteiger partial charge in [0.05, 0.1) is 0 Å². The van der Waals surface area contributed by atoms with Gasteiger partial charge in [-0.15, -0.1) is 0 Å². The second-order valence-electron chi connectivity index (χ2n) is 4.56. The second kappa shape index (κ2) is 8.82. The number of rotatable bonds is 9. The van der Waals surface area contributed by atoms with E-state index in [4.69, 9.17) is 5.73 Å². The summed E-state index contributed by atoms with van der Waals surface area (Å²) in [7, 11) is 0. The van der Waals surface area contributed by atoms with Gasteiger partial charge in [0.2, 0.25) is 5.95 Å². The Hall–Kier alpha value is -1.20. The summed E-state index contributed by atoms with van der Waals surface area (Å²) in [4.78, 5) is 13.4. The van der Waals surface area contributed by atoms with Gasteiger partial charge in [-0.05, 0) is 33.0 Å². The topological polar surface area (TPSA) is 58.3 Å². The van der Waals surface area contributed by atoms with Crippen LogP contribution in [-0.4, -0.2) is 47.6 Å². The molecule has 0 amide bonds. The fourth-order valence-electron chi connectivity index (χ4n) is 2.04. The van der Waals surface area contributed by atoms with Gasteiger partial charge in [-0.3, -0.25) is 0 Å². The maximum atomic E-state index is 5.55. The third kappa shape index (κ3) is 5.12. The van der Waals surface area contributed by atoms with E-state index in [2.05, 4.69) is 40.5 Å². The highest BCUT2D eigenvalue weighted by atomic mass is 15.2. The monoisotopic (exact) mass is 265 g/mol. The van der Waals surface area contributed by atoms with Crippen LogP contribution < -0.4 is 10.6 Å². The fourth-order valence-corrected chi connectivity index (χ4v) is 2.04. The zero-order valence-corrected chi connectivity index (χ0v) is 12.5. The predicted octanol–water partition coefficient (Wildman–Crippen LogP) is 1.49. The lowest BCUT2D eigenvalue weighted by Gasteiger charge is -2.23. The molecule has 1 aromatic heterocycles. The molecule has 2 N–H and O–H groups in total. The van der Waals surface area contributed by atoms with E-state index in [1.165, 1.54) is 0 Å². The van der Waals surface area contributed by atoms with Crippen LogP contribution >= 0.6 is 0 Å². The molecule has 0 radical (unpaired) electrons. The molecule has 0 fully saturated rings. The molecule has 0 saturated carbocycles. The van der Waals surface area contributed by atoms with E-state index < -0.39 is 0 Å². The highest BCUT2D eigenvalue weighted by Crippen LogP contribution is 2.07. The van der Waals surface area contributed by atoms with Crippen molar-refractivity contribution in [3.63, 3.8) is 0 Å². The zero-order valence-electron chi connectivity index (χ0n) is 12.5. The van der Waals surface area contributed by atoms with Crippen molar-refractivity contribution in [1.29, 1.82) is 0 Å². The summed E-state index contributed by atoms with van der Waals surface area (Å²) in [6.07, 6.45) is 4.77. The van der Waals surface area contributed by atoms with Gasteiger partial charge in [-0.1, -0.05) is 13.8 Å². The van der Waals surface area contributed by atoms with Crippen molar-refractivity contribution in [2.24, 2.45) is 5.73 Å². The standard InChI is InChI=1S/C14H27N5/c1-4-18(5-2)8-7-9-19(6-3)14-16-11-13(10-15)12-17-14/h11-12H,4-10,15H2,1-3H3. The van der Waals surface area contributed by atoms with Crippen molar-refractivity contribution < 1.29 is 0 Å². The van der Waals surface area contributed by atoms with Gasteiger partial charge >= 0.3 is 0 Å². The quantitative estimate of drug-likeness (QED) is 0.733. The van der Waals surface area contributed by atoms with Gasteiger partial charge in [0.1, 0.15) is 0 Å². The molecule has 1 aromatic rings. The lowest BCUT2D eigenvalue weighted by Crippen LogP contribution is -2.31. The number of anilines is 1. The average Bonchev–Trinajstić information content (AvgIpc) is 2.48. The molecule has 1 rings (SSSR count). The molecule has 0 aliphatic rings. The van der Waals surface area contributed by atoms with E-state index >= 15 is 0 Å². The number of nitrogens with two attached hydrogens (primary N) is 1. The summed E-state index contributed by atoms with van der Waals surface area (Å²) in [5, 5.41) is 0. The first-order chi connectivity index (χ1) is 9.24.